The van der Waals surface area contributed by atoms with Crippen LogP contribution in [-0.2, 0) is 14.3 Å². The lowest BCUT2D eigenvalue weighted by atomic mass is 9.91. The van der Waals surface area contributed by atoms with Crippen LogP contribution in [0.4, 0.5) is 4.79 Å². The molecule has 0 atom stereocenters. The minimum atomic E-state index is -1.22. The second kappa shape index (κ2) is 9.43. The van der Waals surface area contributed by atoms with E-state index < -0.39 is 23.3 Å². The lowest BCUT2D eigenvalue weighted by molar-refractivity contribution is -0.163. The second-order valence-electron chi connectivity index (χ2n) is 9.16. The molecule has 0 spiro atoms. The number of ether oxygens (including phenoxy) is 3. The third kappa shape index (κ3) is 4.98. The van der Waals surface area contributed by atoms with E-state index >= 15 is 0 Å². The Labute approximate surface area is 207 Å². The van der Waals surface area contributed by atoms with Gasteiger partial charge in [0.1, 0.15) is 16.4 Å². The van der Waals surface area contributed by atoms with Crippen molar-refractivity contribution in [2.45, 2.75) is 44.8 Å². The smallest absolute Gasteiger partial charge is 0.410 e. The number of aromatic nitrogens is 1. The lowest BCUT2D eigenvalue weighted by Crippen LogP contribution is -2.55. The second-order valence-corrected chi connectivity index (χ2v) is 10.6. The Morgan fingerprint density at radius 3 is 2.44 bits per heavy atom. The van der Waals surface area contributed by atoms with Gasteiger partial charge in [-0.05, 0) is 45.0 Å². The minimum Gasteiger partial charge on any atom is -0.475 e. The van der Waals surface area contributed by atoms with E-state index in [4.69, 9.17) is 30.8 Å². The molecule has 1 saturated heterocycles. The molecule has 34 heavy (non-hydrogen) atoms. The van der Waals surface area contributed by atoms with Crippen LogP contribution in [-0.4, -0.2) is 53.3 Å². The summed E-state index contributed by atoms with van der Waals surface area (Å²) in [6.07, 6.45) is 0.149. The molecule has 0 N–H and O–H groups in total. The van der Waals surface area contributed by atoms with Crippen LogP contribution in [0.1, 0.15) is 33.6 Å². The molecular weight excluding hydrogens is 476 g/mol. The molecule has 1 aromatic heterocycles. The molecule has 2 heterocycles. The average molecular weight is 503 g/mol. The third-order valence-electron chi connectivity index (χ3n) is 5.57. The molecule has 1 aliphatic rings. The Morgan fingerprint density at radius 1 is 1.09 bits per heavy atom. The van der Waals surface area contributed by atoms with Gasteiger partial charge in [-0.15, -0.1) is 11.3 Å². The van der Waals surface area contributed by atoms with Crippen molar-refractivity contribution in [1.82, 2.24) is 9.88 Å². The zero-order valence-electron chi connectivity index (χ0n) is 19.6. The topological polar surface area (TPSA) is 78.0 Å². The highest BCUT2D eigenvalue weighted by Crippen LogP contribution is 2.40. The number of esters is 1. The Hall–Kier alpha value is -2.84. The van der Waals surface area contributed by atoms with Gasteiger partial charge < -0.3 is 19.1 Å². The summed E-state index contributed by atoms with van der Waals surface area (Å²) < 4.78 is 17.9. The third-order valence-corrected chi connectivity index (χ3v) is 7.13. The molecule has 0 aliphatic carbocycles. The predicted molar refractivity (Wildman–Crippen MR) is 132 cm³/mol. The number of benzene rings is 2. The molecule has 180 valence electrons. The maximum absolute atomic E-state index is 12.9. The molecule has 0 bridgehead atoms. The maximum atomic E-state index is 12.9. The molecule has 3 aromatic rings. The van der Waals surface area contributed by atoms with E-state index in [1.54, 1.807) is 4.90 Å². The SMILES string of the molecule is COC(=O)C1(Oc2ccccc2-c2nc3cccc(Cl)c3s2)CCN(C(=O)OC(C)(C)C)CC1. The number of hydrogen-bond acceptors (Lipinski definition) is 7. The number of para-hydroxylation sites is 1. The largest absolute Gasteiger partial charge is 0.475 e. The summed E-state index contributed by atoms with van der Waals surface area (Å²) in [6.45, 7) is 6.08. The molecule has 7 nitrogen and oxygen atoms in total. The molecule has 1 fully saturated rings. The number of amides is 1. The van der Waals surface area contributed by atoms with Crippen LogP contribution in [0.5, 0.6) is 5.75 Å². The summed E-state index contributed by atoms with van der Waals surface area (Å²) in [4.78, 5) is 31.7. The first-order chi connectivity index (χ1) is 16.1. The van der Waals surface area contributed by atoms with Crippen LogP contribution >= 0.6 is 22.9 Å². The Balaban J connectivity index is 1.61. The molecule has 1 amide bonds. The Bertz CT molecular complexity index is 1210. The maximum Gasteiger partial charge on any atom is 0.410 e. The van der Waals surface area contributed by atoms with Crippen LogP contribution in [0, 0.1) is 0 Å². The molecule has 9 heteroatoms. The number of fused-ring (bicyclic) bond motifs is 1. The van der Waals surface area contributed by atoms with Crippen LogP contribution in [0.3, 0.4) is 0 Å². The average Bonchev–Trinajstić information content (AvgIpc) is 3.24. The van der Waals surface area contributed by atoms with Crippen molar-refractivity contribution < 1.29 is 23.8 Å². The zero-order valence-corrected chi connectivity index (χ0v) is 21.2. The fraction of sp³-hybridized carbons (Fsp3) is 0.400. The highest BCUT2D eigenvalue weighted by molar-refractivity contribution is 7.22. The fourth-order valence-electron chi connectivity index (χ4n) is 3.88. The van der Waals surface area contributed by atoms with Crippen molar-refractivity contribution in [2.24, 2.45) is 0 Å². The first kappa shape index (κ1) is 24.3. The van der Waals surface area contributed by atoms with Gasteiger partial charge in [0.2, 0.25) is 5.60 Å². The van der Waals surface area contributed by atoms with Gasteiger partial charge in [0.25, 0.3) is 0 Å². The van der Waals surface area contributed by atoms with Gasteiger partial charge in [-0.25, -0.2) is 14.6 Å². The van der Waals surface area contributed by atoms with E-state index in [1.165, 1.54) is 18.4 Å². The number of carbonyl (C=O) groups excluding carboxylic acids is 2. The number of piperidine rings is 1. The molecule has 0 unspecified atom stereocenters. The van der Waals surface area contributed by atoms with Crippen LogP contribution in [0.25, 0.3) is 20.8 Å². The van der Waals surface area contributed by atoms with E-state index in [0.717, 1.165) is 20.8 Å². The summed E-state index contributed by atoms with van der Waals surface area (Å²) in [7, 11) is 1.34. The normalized spacial score (nSPS) is 15.7. The minimum absolute atomic E-state index is 0.277. The number of likely N-dealkylation sites (tertiary alicyclic amines) is 1. The van der Waals surface area contributed by atoms with Gasteiger partial charge in [0.15, 0.2) is 0 Å². The summed E-state index contributed by atoms with van der Waals surface area (Å²) in [6, 6.07) is 13.1. The first-order valence-electron chi connectivity index (χ1n) is 11.0. The number of nitrogens with zero attached hydrogens (tertiary/aromatic N) is 2. The molecule has 4 rings (SSSR count). The number of rotatable bonds is 4. The molecule has 0 saturated carbocycles. The van der Waals surface area contributed by atoms with Gasteiger partial charge in [0, 0.05) is 25.9 Å². The summed E-state index contributed by atoms with van der Waals surface area (Å²) in [5.74, 6) is 0.0484. The van der Waals surface area contributed by atoms with Gasteiger partial charge in [0.05, 0.1) is 27.9 Å². The van der Waals surface area contributed by atoms with Crippen molar-refractivity contribution in [3.8, 4) is 16.3 Å². The van der Waals surface area contributed by atoms with Gasteiger partial charge in [-0.1, -0.05) is 29.8 Å². The van der Waals surface area contributed by atoms with Crippen molar-refractivity contribution in [3.63, 3.8) is 0 Å². The van der Waals surface area contributed by atoms with Crippen molar-refractivity contribution in [1.29, 1.82) is 0 Å². The summed E-state index contributed by atoms with van der Waals surface area (Å²) in [5.41, 5.74) is -0.255. The number of carbonyl (C=O) groups is 2. The number of methoxy groups -OCH3 is 1. The Morgan fingerprint density at radius 2 is 1.79 bits per heavy atom. The molecule has 2 aromatic carbocycles. The van der Waals surface area contributed by atoms with E-state index in [-0.39, 0.29) is 12.8 Å². The van der Waals surface area contributed by atoms with Crippen LogP contribution < -0.4 is 4.74 Å². The van der Waals surface area contributed by atoms with Crippen molar-refractivity contribution in [3.05, 3.63) is 47.5 Å². The van der Waals surface area contributed by atoms with E-state index in [9.17, 15) is 9.59 Å². The molecular formula is C25H27ClN2O5S. The fourth-order valence-corrected chi connectivity index (χ4v) is 5.17. The number of hydrogen-bond donors (Lipinski definition) is 0. The van der Waals surface area contributed by atoms with Crippen LogP contribution in [0.15, 0.2) is 42.5 Å². The van der Waals surface area contributed by atoms with Gasteiger partial charge in [-0.3, -0.25) is 0 Å². The van der Waals surface area contributed by atoms with Crippen molar-refractivity contribution in [2.75, 3.05) is 20.2 Å². The zero-order chi connectivity index (χ0) is 24.5. The number of halogens is 1. The van der Waals surface area contributed by atoms with Crippen molar-refractivity contribution >= 4 is 45.2 Å². The standard InChI is InChI=1S/C25H27ClN2O5S/c1-24(2,3)33-23(30)28-14-12-25(13-15-28,22(29)31-4)32-19-11-6-5-8-16(19)21-27-18-10-7-9-17(26)20(18)34-21/h5-11H,12-15H2,1-4H3. The van der Waals surface area contributed by atoms with E-state index in [0.29, 0.717) is 23.9 Å². The monoisotopic (exact) mass is 502 g/mol. The van der Waals surface area contributed by atoms with Gasteiger partial charge >= 0.3 is 12.1 Å². The van der Waals surface area contributed by atoms with E-state index in [2.05, 4.69) is 0 Å². The highest BCUT2D eigenvalue weighted by Gasteiger charge is 2.46. The molecule has 1 aliphatic heterocycles. The lowest BCUT2D eigenvalue weighted by Gasteiger charge is -2.40. The quantitative estimate of drug-likeness (QED) is 0.411. The van der Waals surface area contributed by atoms with Crippen LogP contribution in [0.2, 0.25) is 5.02 Å². The summed E-state index contributed by atoms with van der Waals surface area (Å²) >= 11 is 7.82. The Kier molecular flexibility index (Phi) is 6.73. The summed E-state index contributed by atoms with van der Waals surface area (Å²) in [5, 5.41) is 1.38. The first-order valence-corrected chi connectivity index (χ1v) is 12.2. The van der Waals surface area contributed by atoms with E-state index in [1.807, 2.05) is 63.2 Å². The number of thiazole rings is 1. The molecule has 0 radical (unpaired) electrons. The predicted octanol–water partition coefficient (Wildman–Crippen LogP) is 5.94. The van der Waals surface area contributed by atoms with Gasteiger partial charge in [-0.2, -0.15) is 0 Å². The highest BCUT2D eigenvalue weighted by atomic mass is 35.5.